The third kappa shape index (κ3) is 4.72. The van der Waals surface area contributed by atoms with E-state index in [2.05, 4.69) is 45.5 Å². The number of ether oxygens (including phenoxy) is 1. The summed E-state index contributed by atoms with van der Waals surface area (Å²) in [6.07, 6.45) is 1.66. The van der Waals surface area contributed by atoms with E-state index in [0.29, 0.717) is 12.4 Å². The SMILES string of the molecule is O=C1N/C(=C/c2ccccc2OCc2ccc3ccccc3c2)C(=O)N1Cc1ccc(Br)cc1. The van der Waals surface area contributed by atoms with Gasteiger partial charge in [0.25, 0.3) is 5.91 Å². The van der Waals surface area contributed by atoms with Gasteiger partial charge in [-0.25, -0.2) is 4.79 Å². The first-order valence-electron chi connectivity index (χ1n) is 10.9. The van der Waals surface area contributed by atoms with Crippen LogP contribution in [0.2, 0.25) is 0 Å². The Kier molecular flexibility index (Phi) is 6.14. The highest BCUT2D eigenvalue weighted by atomic mass is 79.9. The largest absolute Gasteiger partial charge is 0.488 e. The zero-order valence-corrected chi connectivity index (χ0v) is 19.8. The van der Waals surface area contributed by atoms with Gasteiger partial charge in [-0.1, -0.05) is 82.7 Å². The number of hydrogen-bond donors (Lipinski definition) is 1. The molecular weight excluding hydrogens is 492 g/mol. The molecule has 4 aromatic rings. The number of urea groups is 1. The summed E-state index contributed by atoms with van der Waals surface area (Å²) >= 11 is 3.39. The molecule has 34 heavy (non-hydrogen) atoms. The van der Waals surface area contributed by atoms with Crippen LogP contribution in [-0.4, -0.2) is 16.8 Å². The number of halogens is 1. The molecule has 168 valence electrons. The minimum absolute atomic E-state index is 0.204. The molecule has 1 saturated heterocycles. The fraction of sp³-hybridized carbons (Fsp3) is 0.0714. The highest BCUT2D eigenvalue weighted by Crippen LogP contribution is 2.25. The van der Waals surface area contributed by atoms with Gasteiger partial charge >= 0.3 is 6.03 Å². The van der Waals surface area contributed by atoms with Crippen molar-refractivity contribution in [1.82, 2.24) is 10.2 Å². The number of carbonyl (C=O) groups is 2. The Hall–Kier alpha value is -3.90. The number of amides is 3. The Morgan fingerprint density at radius 2 is 1.53 bits per heavy atom. The van der Waals surface area contributed by atoms with Crippen LogP contribution in [0.5, 0.6) is 5.75 Å². The average molecular weight is 513 g/mol. The van der Waals surface area contributed by atoms with Crippen LogP contribution < -0.4 is 10.1 Å². The van der Waals surface area contributed by atoms with Crippen molar-refractivity contribution in [2.24, 2.45) is 0 Å². The maximum Gasteiger partial charge on any atom is 0.329 e. The van der Waals surface area contributed by atoms with Crippen LogP contribution in [0.3, 0.4) is 0 Å². The highest BCUT2D eigenvalue weighted by molar-refractivity contribution is 9.10. The first-order chi connectivity index (χ1) is 16.6. The van der Waals surface area contributed by atoms with E-state index in [9.17, 15) is 9.59 Å². The summed E-state index contributed by atoms with van der Waals surface area (Å²) in [6.45, 7) is 0.594. The Labute approximate surface area is 205 Å². The molecule has 0 atom stereocenters. The van der Waals surface area contributed by atoms with Crippen molar-refractivity contribution < 1.29 is 14.3 Å². The minimum atomic E-state index is -0.436. The number of nitrogens with one attached hydrogen (secondary N) is 1. The van der Waals surface area contributed by atoms with Gasteiger partial charge in [0.1, 0.15) is 18.1 Å². The summed E-state index contributed by atoms with van der Waals surface area (Å²) in [7, 11) is 0. The molecule has 0 saturated carbocycles. The van der Waals surface area contributed by atoms with Gasteiger partial charge in [-0.3, -0.25) is 9.69 Å². The second-order valence-corrected chi connectivity index (χ2v) is 8.93. The number of imide groups is 1. The molecule has 5 rings (SSSR count). The Morgan fingerprint density at radius 3 is 2.35 bits per heavy atom. The molecule has 0 bridgehead atoms. The molecule has 1 aliphatic heterocycles. The molecule has 1 heterocycles. The van der Waals surface area contributed by atoms with Crippen LogP contribution in [0.4, 0.5) is 4.79 Å². The van der Waals surface area contributed by atoms with Crippen molar-refractivity contribution in [1.29, 1.82) is 0 Å². The van der Waals surface area contributed by atoms with E-state index in [1.165, 1.54) is 10.3 Å². The van der Waals surface area contributed by atoms with Crippen molar-refractivity contribution in [2.45, 2.75) is 13.2 Å². The Bertz CT molecular complexity index is 1410. The maximum absolute atomic E-state index is 12.9. The first kappa shape index (κ1) is 21.9. The molecule has 0 radical (unpaired) electrons. The third-order valence-corrected chi connectivity index (χ3v) is 6.17. The molecule has 1 aliphatic rings. The average Bonchev–Trinajstić information content (AvgIpc) is 3.12. The summed E-state index contributed by atoms with van der Waals surface area (Å²) in [6, 6.07) is 29.0. The molecule has 0 aromatic heterocycles. The van der Waals surface area contributed by atoms with Crippen LogP contribution in [0.15, 0.2) is 101 Å². The lowest BCUT2D eigenvalue weighted by Crippen LogP contribution is -2.30. The van der Waals surface area contributed by atoms with Crippen molar-refractivity contribution >= 4 is 44.7 Å². The number of benzene rings is 4. The smallest absolute Gasteiger partial charge is 0.329 e. The normalized spacial score (nSPS) is 14.6. The summed E-state index contributed by atoms with van der Waals surface area (Å²) in [4.78, 5) is 26.6. The number of nitrogens with zero attached hydrogens (tertiary/aromatic N) is 1. The highest BCUT2D eigenvalue weighted by Gasteiger charge is 2.33. The third-order valence-electron chi connectivity index (χ3n) is 5.64. The van der Waals surface area contributed by atoms with Crippen LogP contribution in [0.25, 0.3) is 16.8 Å². The minimum Gasteiger partial charge on any atom is -0.488 e. The number of hydrogen-bond acceptors (Lipinski definition) is 3. The predicted octanol–water partition coefficient (Wildman–Crippen LogP) is 6.27. The quantitative estimate of drug-likeness (QED) is 0.244. The van der Waals surface area contributed by atoms with Gasteiger partial charge in [0.2, 0.25) is 0 Å². The van der Waals surface area contributed by atoms with Crippen molar-refractivity contribution in [3.8, 4) is 5.75 Å². The molecule has 3 amide bonds. The lowest BCUT2D eigenvalue weighted by atomic mass is 10.1. The zero-order chi connectivity index (χ0) is 23.5. The van der Waals surface area contributed by atoms with Gasteiger partial charge in [-0.05, 0) is 52.2 Å². The lowest BCUT2D eigenvalue weighted by Gasteiger charge is -2.12. The Morgan fingerprint density at radius 1 is 0.824 bits per heavy atom. The summed E-state index contributed by atoms with van der Waals surface area (Å²) in [5.74, 6) is 0.272. The van der Waals surface area contributed by atoms with E-state index in [-0.39, 0.29) is 18.1 Å². The summed E-state index contributed by atoms with van der Waals surface area (Å²) < 4.78 is 7.03. The van der Waals surface area contributed by atoms with Crippen LogP contribution in [-0.2, 0) is 17.9 Å². The number of carbonyl (C=O) groups excluding carboxylic acids is 2. The van der Waals surface area contributed by atoms with E-state index in [0.717, 1.165) is 26.5 Å². The van der Waals surface area contributed by atoms with E-state index in [1.807, 2.05) is 66.7 Å². The van der Waals surface area contributed by atoms with Crippen molar-refractivity contribution in [3.05, 3.63) is 118 Å². The fourth-order valence-electron chi connectivity index (χ4n) is 3.86. The van der Waals surface area contributed by atoms with E-state index < -0.39 is 6.03 Å². The number of fused-ring (bicyclic) bond motifs is 1. The lowest BCUT2D eigenvalue weighted by molar-refractivity contribution is -0.123. The van der Waals surface area contributed by atoms with E-state index in [4.69, 9.17) is 4.74 Å². The molecule has 0 spiro atoms. The molecule has 1 N–H and O–H groups in total. The second kappa shape index (κ2) is 9.53. The van der Waals surface area contributed by atoms with Gasteiger partial charge in [-0.15, -0.1) is 0 Å². The standard InChI is InChI=1S/C28H21BrN2O3/c29-24-13-10-19(11-14-24)17-31-27(32)25(30-28(31)33)16-23-7-3-4-8-26(23)34-18-20-9-12-21-5-1-2-6-22(21)15-20/h1-16H,17-18H2,(H,30,33)/b25-16+. The first-order valence-corrected chi connectivity index (χ1v) is 11.6. The number of para-hydroxylation sites is 1. The number of rotatable bonds is 6. The fourth-order valence-corrected chi connectivity index (χ4v) is 4.13. The Balaban J connectivity index is 1.33. The van der Waals surface area contributed by atoms with Crippen LogP contribution in [0, 0.1) is 0 Å². The molecule has 6 heteroatoms. The van der Waals surface area contributed by atoms with E-state index in [1.54, 1.807) is 6.08 Å². The zero-order valence-electron chi connectivity index (χ0n) is 18.2. The van der Waals surface area contributed by atoms with Crippen LogP contribution >= 0.6 is 15.9 Å². The summed E-state index contributed by atoms with van der Waals surface area (Å²) in [5, 5.41) is 5.03. The maximum atomic E-state index is 12.9. The molecule has 5 nitrogen and oxygen atoms in total. The monoisotopic (exact) mass is 512 g/mol. The molecule has 0 aliphatic carbocycles. The predicted molar refractivity (Wildman–Crippen MR) is 136 cm³/mol. The van der Waals surface area contributed by atoms with Gasteiger partial charge in [0.05, 0.1) is 6.54 Å². The van der Waals surface area contributed by atoms with Gasteiger partial charge in [0, 0.05) is 10.0 Å². The summed E-state index contributed by atoms with van der Waals surface area (Å²) in [5.41, 5.74) is 2.86. The van der Waals surface area contributed by atoms with Crippen molar-refractivity contribution in [3.63, 3.8) is 0 Å². The topological polar surface area (TPSA) is 58.6 Å². The molecule has 0 unspecified atom stereocenters. The van der Waals surface area contributed by atoms with E-state index >= 15 is 0 Å². The van der Waals surface area contributed by atoms with Gasteiger partial charge in [-0.2, -0.15) is 0 Å². The second-order valence-electron chi connectivity index (χ2n) is 8.01. The molecular formula is C28H21BrN2O3. The van der Waals surface area contributed by atoms with Gasteiger partial charge < -0.3 is 10.1 Å². The van der Waals surface area contributed by atoms with Gasteiger partial charge in [0.15, 0.2) is 0 Å². The van der Waals surface area contributed by atoms with Crippen LogP contribution in [0.1, 0.15) is 16.7 Å². The molecule has 4 aromatic carbocycles. The van der Waals surface area contributed by atoms with Crippen molar-refractivity contribution in [2.75, 3.05) is 0 Å². The molecule has 1 fully saturated rings.